The maximum Gasteiger partial charge on any atom is 0.414 e. The summed E-state index contributed by atoms with van der Waals surface area (Å²) in [5.41, 5.74) is 2.59. The van der Waals surface area contributed by atoms with E-state index in [1.54, 1.807) is 14.2 Å². The van der Waals surface area contributed by atoms with Crippen molar-refractivity contribution in [2.75, 3.05) is 40.4 Å². The van der Waals surface area contributed by atoms with Crippen LogP contribution in [-0.2, 0) is 22.7 Å². The maximum atomic E-state index is 9.10. The highest BCUT2D eigenvalue weighted by Crippen LogP contribution is 2.28. The number of aliphatic carboxylic acids is 2. The van der Waals surface area contributed by atoms with E-state index in [4.69, 9.17) is 29.3 Å². The van der Waals surface area contributed by atoms with Crippen LogP contribution in [0.1, 0.15) is 11.1 Å². The summed E-state index contributed by atoms with van der Waals surface area (Å²) in [6.07, 6.45) is 3.73. The van der Waals surface area contributed by atoms with E-state index in [0.29, 0.717) is 0 Å². The summed E-state index contributed by atoms with van der Waals surface area (Å²) in [6, 6.07) is 10.4. The molecule has 1 saturated heterocycles. The molecule has 0 bridgehead atoms. The molecule has 1 aromatic carbocycles. The highest BCUT2D eigenvalue weighted by Gasteiger charge is 2.17. The van der Waals surface area contributed by atoms with Crippen LogP contribution in [0.5, 0.6) is 11.5 Å². The van der Waals surface area contributed by atoms with Gasteiger partial charge in [-0.05, 0) is 35.4 Å². The zero-order valence-electron chi connectivity index (χ0n) is 17.2. The number of carbonyl (C=O) groups is 2. The number of hydrogen-bond acceptors (Lipinski definition) is 7. The van der Waals surface area contributed by atoms with Crippen LogP contribution in [0, 0.1) is 0 Å². The molecule has 9 heteroatoms. The summed E-state index contributed by atoms with van der Waals surface area (Å²) in [5.74, 6) is -2.07. The minimum Gasteiger partial charge on any atom is -0.493 e. The van der Waals surface area contributed by atoms with Gasteiger partial charge in [-0.2, -0.15) is 0 Å². The van der Waals surface area contributed by atoms with E-state index in [1.807, 2.05) is 18.5 Å². The fourth-order valence-corrected chi connectivity index (χ4v) is 3.09. The Balaban J connectivity index is 0.000000469. The Morgan fingerprint density at radius 2 is 1.33 bits per heavy atom. The lowest BCUT2D eigenvalue weighted by Crippen LogP contribution is -2.45. The van der Waals surface area contributed by atoms with E-state index in [0.717, 1.165) is 50.8 Å². The number of carboxylic acid groups (broad SMARTS) is 2. The predicted octanol–water partition coefficient (Wildman–Crippen LogP) is 1.57. The van der Waals surface area contributed by atoms with Crippen molar-refractivity contribution in [2.45, 2.75) is 13.1 Å². The van der Waals surface area contributed by atoms with E-state index in [-0.39, 0.29) is 0 Å². The lowest BCUT2D eigenvalue weighted by atomic mass is 10.1. The van der Waals surface area contributed by atoms with Crippen LogP contribution in [0.3, 0.4) is 0 Å². The molecule has 2 N–H and O–H groups in total. The largest absolute Gasteiger partial charge is 0.493 e. The predicted molar refractivity (Wildman–Crippen MR) is 110 cm³/mol. The maximum absolute atomic E-state index is 9.10. The molecule has 1 fully saturated rings. The molecule has 0 spiro atoms. The van der Waals surface area contributed by atoms with Gasteiger partial charge in [0.2, 0.25) is 0 Å². The van der Waals surface area contributed by atoms with Crippen molar-refractivity contribution in [3.05, 3.63) is 53.9 Å². The number of nitrogens with zero attached hydrogens (tertiary/aromatic N) is 3. The van der Waals surface area contributed by atoms with Gasteiger partial charge in [-0.1, -0.05) is 6.07 Å². The SMILES string of the molecule is COc1ccc(CN2CCN(Cc3ccncc3)CC2)cc1OC.O=C(O)C(=O)O. The van der Waals surface area contributed by atoms with Crippen LogP contribution >= 0.6 is 0 Å². The number of methoxy groups -OCH3 is 2. The number of piperazine rings is 1. The molecule has 162 valence electrons. The van der Waals surface area contributed by atoms with E-state index < -0.39 is 11.9 Å². The van der Waals surface area contributed by atoms with E-state index in [9.17, 15) is 0 Å². The second-order valence-corrected chi connectivity index (χ2v) is 6.71. The van der Waals surface area contributed by atoms with Gasteiger partial charge in [0.25, 0.3) is 0 Å². The molecular weight excluding hydrogens is 390 g/mol. The van der Waals surface area contributed by atoms with Gasteiger partial charge < -0.3 is 19.7 Å². The van der Waals surface area contributed by atoms with Gasteiger partial charge in [0.1, 0.15) is 0 Å². The second-order valence-electron chi connectivity index (χ2n) is 6.71. The molecule has 0 radical (unpaired) electrons. The summed E-state index contributed by atoms with van der Waals surface area (Å²) >= 11 is 0. The molecule has 0 amide bonds. The number of carboxylic acids is 2. The third kappa shape index (κ3) is 7.34. The average Bonchev–Trinajstić information content (AvgIpc) is 2.76. The lowest BCUT2D eigenvalue weighted by Gasteiger charge is -2.34. The molecule has 3 rings (SSSR count). The highest BCUT2D eigenvalue weighted by molar-refractivity contribution is 6.27. The summed E-state index contributed by atoms with van der Waals surface area (Å²) in [6.45, 7) is 6.31. The molecule has 2 aromatic rings. The first-order valence-electron chi connectivity index (χ1n) is 9.43. The van der Waals surface area contributed by atoms with Gasteiger partial charge in [-0.25, -0.2) is 9.59 Å². The number of ether oxygens (including phenoxy) is 2. The third-order valence-electron chi connectivity index (χ3n) is 4.66. The number of pyridine rings is 1. The summed E-state index contributed by atoms with van der Waals surface area (Å²) in [7, 11) is 3.35. The fourth-order valence-electron chi connectivity index (χ4n) is 3.09. The molecule has 0 aliphatic carbocycles. The van der Waals surface area contributed by atoms with Crippen molar-refractivity contribution in [2.24, 2.45) is 0 Å². The number of benzene rings is 1. The molecule has 1 aliphatic rings. The van der Waals surface area contributed by atoms with Crippen LogP contribution in [0.15, 0.2) is 42.7 Å². The third-order valence-corrected chi connectivity index (χ3v) is 4.66. The summed E-state index contributed by atoms with van der Waals surface area (Å²) < 4.78 is 10.7. The Morgan fingerprint density at radius 3 is 1.80 bits per heavy atom. The highest BCUT2D eigenvalue weighted by atomic mass is 16.5. The summed E-state index contributed by atoms with van der Waals surface area (Å²) in [4.78, 5) is 27.3. The topological polar surface area (TPSA) is 112 Å². The molecule has 30 heavy (non-hydrogen) atoms. The van der Waals surface area contributed by atoms with Gasteiger partial charge in [0.05, 0.1) is 14.2 Å². The van der Waals surface area contributed by atoms with Crippen molar-refractivity contribution in [3.63, 3.8) is 0 Å². The van der Waals surface area contributed by atoms with Crippen LogP contribution in [0.4, 0.5) is 0 Å². The first-order valence-corrected chi connectivity index (χ1v) is 9.43. The Kier molecular flexibility index (Phi) is 9.04. The van der Waals surface area contributed by atoms with Crippen molar-refractivity contribution < 1.29 is 29.3 Å². The molecule has 9 nitrogen and oxygen atoms in total. The first-order chi connectivity index (χ1) is 14.4. The fraction of sp³-hybridized carbons (Fsp3) is 0.381. The monoisotopic (exact) mass is 417 g/mol. The number of rotatable bonds is 6. The summed E-state index contributed by atoms with van der Waals surface area (Å²) in [5, 5.41) is 14.8. The van der Waals surface area contributed by atoms with Gasteiger partial charge in [-0.3, -0.25) is 14.8 Å². The zero-order valence-corrected chi connectivity index (χ0v) is 17.2. The van der Waals surface area contributed by atoms with Crippen LogP contribution < -0.4 is 9.47 Å². The Labute approximate surface area is 175 Å². The van der Waals surface area contributed by atoms with Crippen molar-refractivity contribution in [1.82, 2.24) is 14.8 Å². The molecule has 0 unspecified atom stereocenters. The van der Waals surface area contributed by atoms with Gasteiger partial charge in [-0.15, -0.1) is 0 Å². The standard InChI is InChI=1S/C19H25N3O2.C2H2O4/c1-23-18-4-3-17(13-19(18)24-2)15-22-11-9-21(10-12-22)14-16-5-7-20-8-6-16;3-1(4)2(5)6/h3-8,13H,9-12,14-15H2,1-2H3;(H,3,4)(H,5,6). The zero-order chi connectivity index (χ0) is 21.9. The van der Waals surface area contributed by atoms with Gasteiger partial charge >= 0.3 is 11.9 Å². The smallest absolute Gasteiger partial charge is 0.414 e. The van der Waals surface area contributed by atoms with Crippen LogP contribution in [0.2, 0.25) is 0 Å². The van der Waals surface area contributed by atoms with E-state index in [2.05, 4.69) is 39.0 Å². The number of hydrogen-bond donors (Lipinski definition) is 2. The van der Waals surface area contributed by atoms with E-state index in [1.165, 1.54) is 11.1 Å². The normalized spacial score (nSPS) is 14.3. The second kappa shape index (κ2) is 11.7. The Morgan fingerprint density at radius 1 is 0.833 bits per heavy atom. The molecule has 0 atom stereocenters. The van der Waals surface area contributed by atoms with Crippen LogP contribution in [0.25, 0.3) is 0 Å². The van der Waals surface area contributed by atoms with Crippen molar-refractivity contribution in [3.8, 4) is 11.5 Å². The lowest BCUT2D eigenvalue weighted by molar-refractivity contribution is -0.159. The number of aromatic nitrogens is 1. The molecule has 0 saturated carbocycles. The molecule has 1 aliphatic heterocycles. The molecule has 1 aromatic heterocycles. The Hall–Kier alpha value is -3.17. The minimum atomic E-state index is -1.82. The average molecular weight is 417 g/mol. The minimum absolute atomic E-state index is 0.781. The van der Waals surface area contributed by atoms with Gasteiger partial charge in [0, 0.05) is 51.7 Å². The Bertz CT molecular complexity index is 811. The van der Waals surface area contributed by atoms with Crippen LogP contribution in [-0.4, -0.2) is 77.3 Å². The quantitative estimate of drug-likeness (QED) is 0.676. The van der Waals surface area contributed by atoms with Crippen molar-refractivity contribution >= 4 is 11.9 Å². The van der Waals surface area contributed by atoms with Gasteiger partial charge in [0.15, 0.2) is 11.5 Å². The van der Waals surface area contributed by atoms with E-state index >= 15 is 0 Å². The molecule has 2 heterocycles. The first kappa shape index (κ1) is 23.1. The van der Waals surface area contributed by atoms with Crippen molar-refractivity contribution in [1.29, 1.82) is 0 Å². The molecular formula is C21H27N3O6.